The summed E-state index contributed by atoms with van der Waals surface area (Å²) in [5.74, 6) is -0.121. The van der Waals surface area contributed by atoms with Crippen LogP contribution in [0, 0.1) is 6.92 Å². The van der Waals surface area contributed by atoms with Gasteiger partial charge in [0.15, 0.2) is 0 Å². The lowest BCUT2D eigenvalue weighted by molar-refractivity contribution is 0.102. The Balaban J connectivity index is 1.87. The van der Waals surface area contributed by atoms with E-state index in [4.69, 9.17) is 27.9 Å². The largest absolute Gasteiger partial charge is 0.495 e. The van der Waals surface area contributed by atoms with E-state index in [0.717, 1.165) is 5.56 Å². The third-order valence-corrected chi connectivity index (χ3v) is 6.34. The fraction of sp³-hybridized carbons (Fsp3) is 0.0952. The number of anilines is 2. The minimum atomic E-state index is -3.85. The van der Waals surface area contributed by atoms with E-state index in [2.05, 4.69) is 10.0 Å². The molecular formula is C21H18Cl2N2O4S. The minimum Gasteiger partial charge on any atom is -0.495 e. The first-order valence-electron chi connectivity index (χ1n) is 8.73. The zero-order valence-corrected chi connectivity index (χ0v) is 18.4. The molecule has 2 N–H and O–H groups in total. The van der Waals surface area contributed by atoms with Crippen molar-refractivity contribution >= 4 is 50.5 Å². The summed E-state index contributed by atoms with van der Waals surface area (Å²) in [5, 5.41) is 3.29. The van der Waals surface area contributed by atoms with E-state index in [-0.39, 0.29) is 15.6 Å². The molecule has 0 aliphatic carbocycles. The summed E-state index contributed by atoms with van der Waals surface area (Å²) in [4.78, 5) is 12.6. The number of carbonyl (C=O) groups is 1. The first-order chi connectivity index (χ1) is 14.2. The Kier molecular flexibility index (Phi) is 6.55. The van der Waals surface area contributed by atoms with E-state index in [1.165, 1.54) is 43.5 Å². The maximum absolute atomic E-state index is 12.7. The summed E-state index contributed by atoms with van der Waals surface area (Å²) < 4.78 is 33.2. The van der Waals surface area contributed by atoms with Crippen LogP contribution in [-0.2, 0) is 10.0 Å². The maximum Gasteiger partial charge on any atom is 0.262 e. The van der Waals surface area contributed by atoms with Gasteiger partial charge in [-0.3, -0.25) is 9.52 Å². The van der Waals surface area contributed by atoms with Crippen LogP contribution in [0.3, 0.4) is 0 Å². The Bertz CT molecular complexity index is 1200. The van der Waals surface area contributed by atoms with Crippen LogP contribution in [0.2, 0.25) is 10.0 Å². The van der Waals surface area contributed by atoms with Gasteiger partial charge in [-0.05, 0) is 55.5 Å². The lowest BCUT2D eigenvalue weighted by Gasteiger charge is -2.14. The van der Waals surface area contributed by atoms with Gasteiger partial charge in [0.2, 0.25) is 0 Å². The van der Waals surface area contributed by atoms with Crippen molar-refractivity contribution in [3.8, 4) is 5.75 Å². The molecule has 0 saturated carbocycles. The number of aryl methyl sites for hydroxylation is 1. The highest BCUT2D eigenvalue weighted by molar-refractivity contribution is 7.92. The highest BCUT2D eigenvalue weighted by Gasteiger charge is 2.17. The number of ether oxygens (including phenoxy) is 1. The molecule has 156 valence electrons. The standard InChI is InChI=1S/C21H18Cl2N2O4S/c1-13-3-7-16(8-4-13)30(27,28)25-19-12-15(6-10-20(19)29-2)24-21(26)14-5-9-17(22)18(23)11-14/h3-12,25H,1-2H3,(H,24,26). The third-order valence-electron chi connectivity index (χ3n) is 4.21. The average Bonchev–Trinajstić information content (AvgIpc) is 2.70. The molecule has 3 aromatic rings. The minimum absolute atomic E-state index is 0.111. The van der Waals surface area contributed by atoms with Gasteiger partial charge in [0.25, 0.3) is 15.9 Å². The molecule has 3 aromatic carbocycles. The van der Waals surface area contributed by atoms with Crippen LogP contribution in [0.25, 0.3) is 0 Å². The molecule has 0 spiro atoms. The number of carbonyl (C=O) groups excluding carboxylic acids is 1. The molecule has 1 amide bonds. The summed E-state index contributed by atoms with van der Waals surface area (Å²) in [6.45, 7) is 1.87. The summed E-state index contributed by atoms with van der Waals surface area (Å²) in [6.07, 6.45) is 0. The fourth-order valence-corrected chi connectivity index (χ4v) is 3.99. The second-order valence-corrected chi connectivity index (χ2v) is 8.91. The van der Waals surface area contributed by atoms with Crippen LogP contribution in [0.5, 0.6) is 5.75 Å². The molecule has 0 heterocycles. The van der Waals surface area contributed by atoms with Gasteiger partial charge in [-0.15, -0.1) is 0 Å². The van der Waals surface area contributed by atoms with E-state index in [0.29, 0.717) is 22.0 Å². The lowest BCUT2D eigenvalue weighted by Crippen LogP contribution is -2.15. The molecule has 0 radical (unpaired) electrons. The molecule has 6 nitrogen and oxygen atoms in total. The van der Waals surface area contributed by atoms with E-state index in [1.54, 1.807) is 24.3 Å². The summed E-state index contributed by atoms with van der Waals surface area (Å²) in [5.41, 5.74) is 1.80. The number of sulfonamides is 1. The smallest absolute Gasteiger partial charge is 0.262 e. The van der Waals surface area contributed by atoms with Gasteiger partial charge in [0, 0.05) is 11.3 Å². The Morgan fingerprint density at radius 3 is 2.27 bits per heavy atom. The van der Waals surface area contributed by atoms with Gasteiger partial charge in [0.05, 0.1) is 27.7 Å². The van der Waals surface area contributed by atoms with Gasteiger partial charge < -0.3 is 10.1 Å². The maximum atomic E-state index is 12.7. The second-order valence-electron chi connectivity index (χ2n) is 6.42. The molecule has 9 heteroatoms. The zero-order valence-electron chi connectivity index (χ0n) is 16.1. The fourth-order valence-electron chi connectivity index (χ4n) is 2.63. The quantitative estimate of drug-likeness (QED) is 0.513. The van der Waals surface area contributed by atoms with Crippen molar-refractivity contribution in [3.05, 3.63) is 81.8 Å². The Hall–Kier alpha value is -2.74. The first kappa shape index (κ1) is 22.0. The average molecular weight is 465 g/mol. The van der Waals surface area contributed by atoms with Crippen molar-refractivity contribution in [3.63, 3.8) is 0 Å². The van der Waals surface area contributed by atoms with Gasteiger partial charge in [-0.2, -0.15) is 0 Å². The molecular weight excluding hydrogens is 447 g/mol. The topological polar surface area (TPSA) is 84.5 Å². The van der Waals surface area contributed by atoms with E-state index in [1.807, 2.05) is 6.92 Å². The molecule has 0 saturated heterocycles. The second kappa shape index (κ2) is 8.95. The molecule has 0 bridgehead atoms. The Morgan fingerprint density at radius 1 is 0.933 bits per heavy atom. The van der Waals surface area contributed by atoms with E-state index in [9.17, 15) is 13.2 Å². The van der Waals surface area contributed by atoms with Crippen LogP contribution in [0.1, 0.15) is 15.9 Å². The number of halogens is 2. The van der Waals surface area contributed by atoms with Crippen molar-refractivity contribution in [2.75, 3.05) is 17.1 Å². The Morgan fingerprint density at radius 2 is 1.63 bits per heavy atom. The molecule has 0 fully saturated rings. The summed E-state index contributed by atoms with van der Waals surface area (Å²) in [6, 6.07) is 15.6. The van der Waals surface area contributed by atoms with Gasteiger partial charge in [0.1, 0.15) is 5.75 Å². The molecule has 0 aromatic heterocycles. The molecule has 0 aliphatic rings. The Labute approximate surface area is 184 Å². The monoisotopic (exact) mass is 464 g/mol. The van der Waals surface area contributed by atoms with Crippen molar-refractivity contribution in [1.29, 1.82) is 0 Å². The van der Waals surface area contributed by atoms with Gasteiger partial charge >= 0.3 is 0 Å². The SMILES string of the molecule is COc1ccc(NC(=O)c2ccc(Cl)c(Cl)c2)cc1NS(=O)(=O)c1ccc(C)cc1. The number of methoxy groups -OCH3 is 1. The third kappa shape index (κ3) is 5.05. The number of rotatable bonds is 6. The van der Waals surface area contributed by atoms with Crippen LogP contribution < -0.4 is 14.8 Å². The van der Waals surface area contributed by atoms with E-state index >= 15 is 0 Å². The van der Waals surface area contributed by atoms with Crippen LogP contribution in [0.15, 0.2) is 65.6 Å². The van der Waals surface area contributed by atoms with Gasteiger partial charge in [-0.1, -0.05) is 40.9 Å². The molecule has 3 rings (SSSR count). The number of nitrogens with one attached hydrogen (secondary N) is 2. The van der Waals surface area contributed by atoms with Crippen molar-refractivity contribution < 1.29 is 17.9 Å². The molecule has 0 unspecified atom stereocenters. The highest BCUT2D eigenvalue weighted by Crippen LogP contribution is 2.30. The molecule has 0 aliphatic heterocycles. The number of hydrogen-bond acceptors (Lipinski definition) is 4. The molecule has 30 heavy (non-hydrogen) atoms. The van der Waals surface area contributed by atoms with Crippen molar-refractivity contribution in [2.45, 2.75) is 11.8 Å². The highest BCUT2D eigenvalue weighted by atomic mass is 35.5. The van der Waals surface area contributed by atoms with Crippen LogP contribution in [-0.4, -0.2) is 21.4 Å². The predicted octanol–water partition coefficient (Wildman–Crippen LogP) is 5.36. The normalized spacial score (nSPS) is 11.1. The van der Waals surface area contributed by atoms with Crippen LogP contribution >= 0.6 is 23.2 Å². The first-order valence-corrected chi connectivity index (χ1v) is 11.0. The van der Waals surface area contributed by atoms with Gasteiger partial charge in [-0.25, -0.2) is 8.42 Å². The number of benzene rings is 3. The van der Waals surface area contributed by atoms with E-state index < -0.39 is 15.9 Å². The van der Waals surface area contributed by atoms with Crippen molar-refractivity contribution in [2.24, 2.45) is 0 Å². The van der Waals surface area contributed by atoms with Crippen LogP contribution in [0.4, 0.5) is 11.4 Å². The summed E-state index contributed by atoms with van der Waals surface area (Å²) >= 11 is 11.8. The predicted molar refractivity (Wildman–Crippen MR) is 119 cm³/mol. The number of amides is 1. The lowest BCUT2D eigenvalue weighted by atomic mass is 10.2. The molecule has 0 atom stereocenters. The zero-order chi connectivity index (χ0) is 21.9. The van der Waals surface area contributed by atoms with Crippen molar-refractivity contribution in [1.82, 2.24) is 0 Å². The summed E-state index contributed by atoms with van der Waals surface area (Å²) in [7, 11) is -2.42. The number of hydrogen-bond donors (Lipinski definition) is 2.